The lowest BCUT2D eigenvalue weighted by Gasteiger charge is -2.21. The highest BCUT2D eigenvalue weighted by Gasteiger charge is 2.20. The van der Waals surface area contributed by atoms with Crippen LogP contribution < -0.4 is 14.8 Å². The van der Waals surface area contributed by atoms with Crippen molar-refractivity contribution in [1.82, 2.24) is 15.4 Å². The van der Waals surface area contributed by atoms with Crippen molar-refractivity contribution in [2.24, 2.45) is 0 Å². The van der Waals surface area contributed by atoms with Gasteiger partial charge in [-0.2, -0.15) is 0 Å². The highest BCUT2D eigenvalue weighted by atomic mass is 16.5. The van der Waals surface area contributed by atoms with Gasteiger partial charge in [-0.15, -0.1) is 0 Å². The Morgan fingerprint density at radius 2 is 1.45 bits per heavy atom. The van der Waals surface area contributed by atoms with Gasteiger partial charge in [0.1, 0.15) is 11.5 Å². The molecular formula is C30H31N3O5. The van der Waals surface area contributed by atoms with Crippen molar-refractivity contribution in [3.63, 3.8) is 0 Å². The van der Waals surface area contributed by atoms with E-state index < -0.39 is 0 Å². The second kappa shape index (κ2) is 13.1. The Kier molecular flexibility index (Phi) is 9.12. The molecule has 0 fully saturated rings. The fourth-order valence-corrected chi connectivity index (χ4v) is 3.96. The summed E-state index contributed by atoms with van der Waals surface area (Å²) in [5.74, 6) is 1.55. The normalized spacial score (nSPS) is 10.6. The molecule has 0 saturated heterocycles. The van der Waals surface area contributed by atoms with Crippen LogP contribution in [0, 0.1) is 0 Å². The molecule has 0 bridgehead atoms. The molecule has 2 amide bonds. The third kappa shape index (κ3) is 7.22. The molecule has 0 aliphatic heterocycles. The molecule has 0 aliphatic carbocycles. The average Bonchev–Trinajstić information content (AvgIpc) is 3.44. The summed E-state index contributed by atoms with van der Waals surface area (Å²) in [5.41, 5.74) is 2.92. The molecule has 0 unspecified atom stereocenters. The van der Waals surface area contributed by atoms with E-state index in [1.807, 2.05) is 66.7 Å². The van der Waals surface area contributed by atoms with Gasteiger partial charge in [0, 0.05) is 24.7 Å². The summed E-state index contributed by atoms with van der Waals surface area (Å²) < 4.78 is 15.8. The van der Waals surface area contributed by atoms with Crippen LogP contribution in [0.3, 0.4) is 0 Å². The van der Waals surface area contributed by atoms with E-state index in [0.717, 1.165) is 22.6 Å². The SMILES string of the molecule is COc1ccc(CCNC(=O)c2cc(CN(CCc3ccc(OC)cc3)C(=O)c3ccccc3)on2)cc1. The number of carbonyl (C=O) groups is 2. The summed E-state index contributed by atoms with van der Waals surface area (Å²) in [4.78, 5) is 27.6. The van der Waals surface area contributed by atoms with Crippen molar-refractivity contribution in [1.29, 1.82) is 0 Å². The summed E-state index contributed by atoms with van der Waals surface area (Å²) in [6.07, 6.45) is 1.32. The highest BCUT2D eigenvalue weighted by Crippen LogP contribution is 2.16. The van der Waals surface area contributed by atoms with E-state index in [9.17, 15) is 9.59 Å². The molecule has 0 atom stereocenters. The zero-order chi connectivity index (χ0) is 26.7. The first-order valence-corrected chi connectivity index (χ1v) is 12.4. The van der Waals surface area contributed by atoms with Gasteiger partial charge < -0.3 is 24.2 Å². The van der Waals surface area contributed by atoms with E-state index in [1.54, 1.807) is 37.3 Å². The first kappa shape index (κ1) is 26.5. The van der Waals surface area contributed by atoms with E-state index in [-0.39, 0.29) is 24.1 Å². The van der Waals surface area contributed by atoms with Crippen molar-refractivity contribution in [2.75, 3.05) is 27.3 Å². The number of nitrogens with one attached hydrogen (secondary N) is 1. The van der Waals surface area contributed by atoms with Gasteiger partial charge in [-0.25, -0.2) is 0 Å². The van der Waals surface area contributed by atoms with Gasteiger partial charge >= 0.3 is 0 Å². The van der Waals surface area contributed by atoms with Crippen LogP contribution in [0.15, 0.2) is 89.5 Å². The van der Waals surface area contributed by atoms with Crippen LogP contribution in [0.4, 0.5) is 0 Å². The molecule has 38 heavy (non-hydrogen) atoms. The molecule has 0 saturated carbocycles. The van der Waals surface area contributed by atoms with Gasteiger partial charge in [-0.05, 0) is 60.4 Å². The number of rotatable bonds is 12. The Morgan fingerprint density at radius 3 is 2.05 bits per heavy atom. The number of ether oxygens (including phenoxy) is 2. The second-order valence-electron chi connectivity index (χ2n) is 8.72. The van der Waals surface area contributed by atoms with Crippen LogP contribution >= 0.6 is 0 Å². The lowest BCUT2D eigenvalue weighted by Crippen LogP contribution is -2.32. The Bertz CT molecular complexity index is 1320. The lowest BCUT2D eigenvalue weighted by atomic mass is 10.1. The topological polar surface area (TPSA) is 93.9 Å². The average molecular weight is 514 g/mol. The minimum absolute atomic E-state index is 0.124. The van der Waals surface area contributed by atoms with Gasteiger partial charge in [0.05, 0.1) is 20.8 Å². The summed E-state index contributed by atoms with van der Waals surface area (Å²) >= 11 is 0. The van der Waals surface area contributed by atoms with E-state index in [0.29, 0.717) is 37.3 Å². The number of carbonyl (C=O) groups excluding carboxylic acids is 2. The van der Waals surface area contributed by atoms with Crippen molar-refractivity contribution in [3.05, 3.63) is 113 Å². The minimum atomic E-state index is -0.326. The Morgan fingerprint density at radius 1 is 0.842 bits per heavy atom. The number of methoxy groups -OCH3 is 2. The van der Waals surface area contributed by atoms with Crippen LogP contribution in [0.25, 0.3) is 0 Å². The van der Waals surface area contributed by atoms with Gasteiger partial charge in [0.25, 0.3) is 11.8 Å². The molecule has 4 rings (SSSR count). The lowest BCUT2D eigenvalue weighted by molar-refractivity contribution is 0.0729. The van der Waals surface area contributed by atoms with E-state index in [2.05, 4.69) is 10.5 Å². The maximum Gasteiger partial charge on any atom is 0.273 e. The van der Waals surface area contributed by atoms with E-state index >= 15 is 0 Å². The zero-order valence-electron chi connectivity index (χ0n) is 21.6. The van der Waals surface area contributed by atoms with Gasteiger partial charge in [0.2, 0.25) is 0 Å². The second-order valence-corrected chi connectivity index (χ2v) is 8.72. The number of hydrogen-bond donors (Lipinski definition) is 1. The predicted octanol–water partition coefficient (Wildman–Crippen LogP) is 4.55. The summed E-state index contributed by atoms with van der Waals surface area (Å²) in [6, 6.07) is 26.1. The fourth-order valence-electron chi connectivity index (χ4n) is 3.96. The van der Waals surface area contributed by atoms with Crippen molar-refractivity contribution < 1.29 is 23.6 Å². The predicted molar refractivity (Wildman–Crippen MR) is 143 cm³/mol. The Balaban J connectivity index is 1.37. The van der Waals surface area contributed by atoms with Crippen molar-refractivity contribution >= 4 is 11.8 Å². The van der Waals surface area contributed by atoms with Crippen LogP contribution in [-0.4, -0.2) is 49.2 Å². The Labute approximate surface area is 222 Å². The van der Waals surface area contributed by atoms with Crippen LogP contribution in [0.5, 0.6) is 11.5 Å². The van der Waals surface area contributed by atoms with Gasteiger partial charge in [-0.3, -0.25) is 9.59 Å². The molecule has 3 aromatic carbocycles. The molecule has 4 aromatic rings. The number of benzene rings is 3. The molecule has 0 spiro atoms. The molecule has 0 aliphatic rings. The molecule has 1 aromatic heterocycles. The summed E-state index contributed by atoms with van der Waals surface area (Å²) in [5, 5.41) is 6.80. The third-order valence-corrected chi connectivity index (χ3v) is 6.13. The monoisotopic (exact) mass is 513 g/mol. The van der Waals surface area contributed by atoms with Crippen LogP contribution in [0.1, 0.15) is 37.7 Å². The number of hydrogen-bond acceptors (Lipinski definition) is 6. The molecular weight excluding hydrogens is 482 g/mol. The summed E-state index contributed by atoms with van der Waals surface area (Å²) in [7, 11) is 3.25. The van der Waals surface area contributed by atoms with E-state index in [1.165, 1.54) is 0 Å². The minimum Gasteiger partial charge on any atom is -0.497 e. The number of amides is 2. The number of nitrogens with zero attached hydrogens (tertiary/aromatic N) is 2. The van der Waals surface area contributed by atoms with Crippen molar-refractivity contribution in [2.45, 2.75) is 19.4 Å². The summed E-state index contributed by atoms with van der Waals surface area (Å²) in [6.45, 7) is 1.11. The Hall–Kier alpha value is -4.59. The molecule has 0 radical (unpaired) electrons. The van der Waals surface area contributed by atoms with Crippen molar-refractivity contribution in [3.8, 4) is 11.5 Å². The fraction of sp³-hybridized carbons (Fsp3) is 0.233. The van der Waals surface area contributed by atoms with Gasteiger partial charge in [0.15, 0.2) is 11.5 Å². The quantitative estimate of drug-likeness (QED) is 0.299. The molecule has 1 N–H and O–H groups in total. The molecule has 8 heteroatoms. The first-order valence-electron chi connectivity index (χ1n) is 12.4. The van der Waals surface area contributed by atoms with Gasteiger partial charge in [-0.1, -0.05) is 47.6 Å². The van der Waals surface area contributed by atoms with Crippen LogP contribution in [0.2, 0.25) is 0 Å². The largest absolute Gasteiger partial charge is 0.497 e. The highest BCUT2D eigenvalue weighted by molar-refractivity contribution is 5.94. The molecule has 196 valence electrons. The standard InChI is InChI=1S/C30H31N3O5/c1-36-25-12-8-22(9-13-25)16-18-31-29(34)28-20-27(38-32-28)21-33(30(35)24-6-4-3-5-7-24)19-17-23-10-14-26(37-2)15-11-23/h3-15,20H,16-19,21H2,1-2H3,(H,31,34). The molecule has 8 nitrogen and oxygen atoms in total. The third-order valence-electron chi connectivity index (χ3n) is 6.13. The van der Waals surface area contributed by atoms with E-state index in [4.69, 9.17) is 14.0 Å². The maximum absolute atomic E-state index is 13.3. The first-order chi connectivity index (χ1) is 18.6. The smallest absolute Gasteiger partial charge is 0.273 e. The number of aromatic nitrogens is 1. The molecule has 1 heterocycles. The van der Waals surface area contributed by atoms with Crippen LogP contribution in [-0.2, 0) is 19.4 Å². The zero-order valence-corrected chi connectivity index (χ0v) is 21.6. The maximum atomic E-state index is 13.3.